The minimum Gasteiger partial charge on any atom is -0.450 e. The zero-order chi connectivity index (χ0) is 27.6. The second-order valence-corrected chi connectivity index (χ2v) is 12.0. The van der Waals surface area contributed by atoms with E-state index < -0.39 is 6.16 Å². The molecule has 3 saturated heterocycles. The smallest absolute Gasteiger partial charge is 0.450 e. The van der Waals surface area contributed by atoms with E-state index in [1.54, 1.807) is 0 Å². The van der Waals surface area contributed by atoms with Gasteiger partial charge in [-0.15, -0.1) is 0 Å². The zero-order valence-electron chi connectivity index (χ0n) is 23.2. The van der Waals surface area contributed by atoms with Crippen LogP contribution in [0, 0.1) is 0 Å². The highest BCUT2D eigenvalue weighted by atomic mass is 16.7. The SMILES string of the molecule is CC(C)(C)c1ccc(C2C(CN3CCC(OC(=O)O)CC3)OC(=O)N2C2CCN(c3ccncc3)CC2)cc1. The summed E-state index contributed by atoms with van der Waals surface area (Å²) in [6.45, 7) is 10.4. The summed E-state index contributed by atoms with van der Waals surface area (Å²) >= 11 is 0. The van der Waals surface area contributed by atoms with Gasteiger partial charge in [-0.3, -0.25) is 14.8 Å². The molecule has 9 nitrogen and oxygen atoms in total. The third-order valence-corrected chi connectivity index (χ3v) is 8.36. The quantitative estimate of drug-likeness (QED) is 0.512. The fraction of sp³-hybridized carbons (Fsp3) is 0.567. The molecule has 2 atom stereocenters. The number of pyridine rings is 1. The molecule has 2 aromatic rings. The van der Waals surface area contributed by atoms with Crippen LogP contribution in [0.5, 0.6) is 0 Å². The number of nitrogens with zero attached hydrogens (tertiary/aromatic N) is 4. The maximum absolute atomic E-state index is 13.4. The Morgan fingerprint density at radius 1 is 1.00 bits per heavy atom. The molecule has 3 aliphatic heterocycles. The van der Waals surface area contributed by atoms with Crippen LogP contribution < -0.4 is 4.90 Å². The van der Waals surface area contributed by atoms with Gasteiger partial charge in [0.25, 0.3) is 0 Å². The Morgan fingerprint density at radius 2 is 1.64 bits per heavy atom. The number of aromatic nitrogens is 1. The Balaban J connectivity index is 1.33. The maximum atomic E-state index is 13.4. The fourth-order valence-corrected chi connectivity index (χ4v) is 6.18. The summed E-state index contributed by atoms with van der Waals surface area (Å²) in [6, 6.07) is 12.7. The van der Waals surface area contributed by atoms with Crippen molar-refractivity contribution >= 4 is 17.9 Å². The van der Waals surface area contributed by atoms with Gasteiger partial charge in [0, 0.05) is 56.8 Å². The molecule has 1 amide bonds. The Morgan fingerprint density at radius 3 is 2.23 bits per heavy atom. The molecule has 0 spiro atoms. The van der Waals surface area contributed by atoms with E-state index in [0.29, 0.717) is 32.5 Å². The Labute approximate surface area is 230 Å². The number of likely N-dealkylation sites (tertiary alicyclic amines) is 1. The lowest BCUT2D eigenvalue weighted by atomic mass is 9.85. The van der Waals surface area contributed by atoms with Crippen LogP contribution in [0.4, 0.5) is 15.3 Å². The molecule has 2 unspecified atom stereocenters. The van der Waals surface area contributed by atoms with Crippen LogP contribution in [0.2, 0.25) is 0 Å². The molecule has 39 heavy (non-hydrogen) atoms. The van der Waals surface area contributed by atoms with Crippen molar-refractivity contribution in [2.45, 2.75) is 76.2 Å². The average Bonchev–Trinajstić information content (AvgIpc) is 3.25. The van der Waals surface area contributed by atoms with Gasteiger partial charge < -0.3 is 19.5 Å². The first-order valence-corrected chi connectivity index (χ1v) is 14.1. The highest BCUT2D eigenvalue weighted by molar-refractivity contribution is 5.72. The Bertz CT molecular complexity index is 1120. The minimum atomic E-state index is -1.22. The number of carbonyl (C=O) groups is 2. The molecule has 0 saturated carbocycles. The fourth-order valence-electron chi connectivity index (χ4n) is 6.18. The lowest BCUT2D eigenvalue weighted by molar-refractivity contribution is 0.0101. The molecule has 0 bridgehead atoms. The highest BCUT2D eigenvalue weighted by Gasteiger charge is 2.47. The number of rotatable bonds is 6. The van der Waals surface area contributed by atoms with Gasteiger partial charge >= 0.3 is 12.2 Å². The summed E-state index contributed by atoms with van der Waals surface area (Å²) in [5, 5.41) is 8.95. The number of piperidine rings is 2. The van der Waals surface area contributed by atoms with Crippen LogP contribution in [-0.4, -0.2) is 83.1 Å². The summed E-state index contributed by atoms with van der Waals surface area (Å²) in [5.74, 6) is 0. The molecule has 1 N–H and O–H groups in total. The normalized spacial score (nSPS) is 23.6. The monoisotopic (exact) mass is 536 g/mol. The van der Waals surface area contributed by atoms with Gasteiger partial charge in [-0.2, -0.15) is 0 Å². The lowest BCUT2D eigenvalue weighted by Gasteiger charge is -2.40. The van der Waals surface area contributed by atoms with E-state index in [9.17, 15) is 9.59 Å². The molecule has 1 aromatic heterocycles. The van der Waals surface area contributed by atoms with Gasteiger partial charge in [-0.05, 0) is 54.4 Å². The van der Waals surface area contributed by atoms with Crippen LogP contribution >= 0.6 is 0 Å². The molecule has 3 fully saturated rings. The van der Waals surface area contributed by atoms with Gasteiger partial charge in [0.2, 0.25) is 0 Å². The van der Waals surface area contributed by atoms with Crippen LogP contribution in [0.1, 0.15) is 63.6 Å². The van der Waals surface area contributed by atoms with Gasteiger partial charge in [0.1, 0.15) is 12.2 Å². The molecular formula is C30H40N4O5. The standard InChI is InChI=1S/C30H40N4O5/c1-30(2,3)22-6-4-21(5-7-22)27-26(20-32-16-12-25(13-17-32)38-29(36)37)39-28(35)34(27)24-10-18-33(19-11-24)23-8-14-31-15-9-23/h4-9,14-15,24-27H,10-13,16-20H2,1-3H3,(H,36,37). The third kappa shape index (κ3) is 6.30. The Hall–Kier alpha value is -3.33. The number of ether oxygens (including phenoxy) is 2. The van der Waals surface area contributed by atoms with Crippen molar-refractivity contribution in [1.29, 1.82) is 0 Å². The van der Waals surface area contributed by atoms with Gasteiger partial charge in [0.15, 0.2) is 0 Å². The summed E-state index contributed by atoms with van der Waals surface area (Å²) in [7, 11) is 0. The molecule has 0 radical (unpaired) electrons. The van der Waals surface area contributed by atoms with E-state index in [4.69, 9.17) is 14.6 Å². The van der Waals surface area contributed by atoms with Crippen molar-refractivity contribution in [2.24, 2.45) is 0 Å². The van der Waals surface area contributed by atoms with Crippen LogP contribution in [0.25, 0.3) is 0 Å². The Kier molecular flexibility index (Phi) is 7.98. The van der Waals surface area contributed by atoms with Crippen molar-refractivity contribution in [3.8, 4) is 0 Å². The van der Waals surface area contributed by atoms with E-state index >= 15 is 0 Å². The van der Waals surface area contributed by atoms with Crippen molar-refractivity contribution < 1.29 is 24.2 Å². The second-order valence-electron chi connectivity index (χ2n) is 12.0. The van der Waals surface area contributed by atoms with Crippen molar-refractivity contribution in [2.75, 3.05) is 37.6 Å². The van der Waals surface area contributed by atoms with E-state index in [0.717, 1.165) is 37.2 Å². The summed E-state index contributed by atoms with van der Waals surface area (Å²) in [5.41, 5.74) is 3.56. The largest absolute Gasteiger partial charge is 0.506 e. The predicted molar refractivity (Wildman–Crippen MR) is 148 cm³/mol. The predicted octanol–water partition coefficient (Wildman–Crippen LogP) is 5.07. The first kappa shape index (κ1) is 27.2. The second kappa shape index (κ2) is 11.4. The minimum absolute atomic E-state index is 0.0434. The van der Waals surface area contributed by atoms with Crippen LogP contribution in [0.15, 0.2) is 48.8 Å². The van der Waals surface area contributed by atoms with E-state index in [2.05, 4.69) is 59.8 Å². The lowest BCUT2D eigenvalue weighted by Crippen LogP contribution is -2.48. The summed E-state index contributed by atoms with van der Waals surface area (Å²) in [6.07, 6.45) is 4.65. The first-order chi connectivity index (χ1) is 18.7. The van der Waals surface area contributed by atoms with Crippen molar-refractivity contribution in [1.82, 2.24) is 14.8 Å². The number of benzene rings is 1. The number of hydrogen-bond acceptors (Lipinski definition) is 7. The zero-order valence-corrected chi connectivity index (χ0v) is 23.2. The number of cyclic esters (lactones) is 1. The highest BCUT2D eigenvalue weighted by Crippen LogP contribution is 2.39. The summed E-state index contributed by atoms with van der Waals surface area (Å²) < 4.78 is 11.1. The molecule has 1 aromatic carbocycles. The third-order valence-electron chi connectivity index (χ3n) is 8.36. The van der Waals surface area contributed by atoms with E-state index in [-0.39, 0.29) is 35.8 Å². The van der Waals surface area contributed by atoms with E-state index in [1.807, 2.05) is 29.4 Å². The van der Waals surface area contributed by atoms with Gasteiger partial charge in [-0.1, -0.05) is 45.0 Å². The topological polar surface area (TPSA) is 95.4 Å². The molecule has 210 valence electrons. The van der Waals surface area contributed by atoms with Crippen LogP contribution in [-0.2, 0) is 14.9 Å². The molecule has 3 aliphatic rings. The average molecular weight is 537 g/mol. The molecule has 4 heterocycles. The molecule has 5 rings (SSSR count). The summed E-state index contributed by atoms with van der Waals surface area (Å²) in [4.78, 5) is 35.1. The van der Waals surface area contributed by atoms with E-state index in [1.165, 1.54) is 5.56 Å². The molecule has 0 aliphatic carbocycles. The van der Waals surface area contributed by atoms with Gasteiger partial charge in [0.05, 0.1) is 6.04 Å². The van der Waals surface area contributed by atoms with Crippen LogP contribution in [0.3, 0.4) is 0 Å². The number of anilines is 1. The first-order valence-electron chi connectivity index (χ1n) is 14.1. The van der Waals surface area contributed by atoms with Crippen molar-refractivity contribution in [3.63, 3.8) is 0 Å². The number of carbonyl (C=O) groups excluding carboxylic acids is 1. The molecular weight excluding hydrogens is 496 g/mol. The number of hydrogen-bond donors (Lipinski definition) is 1. The number of amides is 1. The van der Waals surface area contributed by atoms with Gasteiger partial charge in [-0.25, -0.2) is 9.59 Å². The number of carboxylic acid groups (broad SMARTS) is 1. The molecule has 9 heteroatoms. The van der Waals surface area contributed by atoms with Crippen molar-refractivity contribution in [3.05, 3.63) is 59.9 Å². The maximum Gasteiger partial charge on any atom is 0.506 e.